The van der Waals surface area contributed by atoms with Crippen LogP contribution in [0.1, 0.15) is 43.4 Å². The summed E-state index contributed by atoms with van der Waals surface area (Å²) in [6.45, 7) is 1.09. The van der Waals surface area contributed by atoms with E-state index in [9.17, 15) is 26.9 Å². The van der Waals surface area contributed by atoms with Crippen LogP contribution in [0.3, 0.4) is 0 Å². The molecule has 1 aliphatic carbocycles. The summed E-state index contributed by atoms with van der Waals surface area (Å²) in [6.07, 6.45) is 2.58. The third kappa shape index (κ3) is 4.13. The number of piperidine rings is 1. The fourth-order valence-corrected chi connectivity index (χ4v) is 5.23. The van der Waals surface area contributed by atoms with E-state index in [2.05, 4.69) is 10.1 Å². The Balaban J connectivity index is 1.81. The third-order valence-electron chi connectivity index (χ3n) is 6.20. The van der Waals surface area contributed by atoms with E-state index in [-0.39, 0.29) is 16.5 Å². The maximum absolute atomic E-state index is 13.7. The van der Waals surface area contributed by atoms with E-state index in [4.69, 9.17) is 0 Å². The molecule has 0 aromatic carbocycles. The molecule has 1 saturated carbocycles. The molecule has 7 nitrogen and oxygen atoms in total. The van der Waals surface area contributed by atoms with Crippen LogP contribution in [0, 0.1) is 23.2 Å². The predicted octanol–water partition coefficient (Wildman–Crippen LogP) is 3.58. The van der Waals surface area contributed by atoms with E-state index in [0.717, 1.165) is 42.8 Å². The van der Waals surface area contributed by atoms with Crippen molar-refractivity contribution < 1.29 is 21.6 Å². The molecule has 0 bridgehead atoms. The third-order valence-corrected chi connectivity index (χ3v) is 7.30. The van der Waals surface area contributed by atoms with Crippen molar-refractivity contribution in [1.82, 2.24) is 14.8 Å². The molecular weight excluding hydrogens is 431 g/mol. The number of aromatic nitrogens is 3. The minimum absolute atomic E-state index is 0.0279. The van der Waals surface area contributed by atoms with Gasteiger partial charge in [0, 0.05) is 25.5 Å². The number of fused-ring (bicyclic) bond motifs is 1. The lowest BCUT2D eigenvalue weighted by Gasteiger charge is -2.42. The molecule has 11 heteroatoms. The molecule has 2 unspecified atom stereocenters. The second-order valence-electron chi connectivity index (χ2n) is 8.23. The molecule has 2 aliphatic rings. The Kier molecular flexibility index (Phi) is 5.45. The number of hydrogen-bond donors (Lipinski definition) is 0. The molecular formula is C20H22F3N5O2S. The van der Waals surface area contributed by atoms with Gasteiger partial charge in [-0.3, -0.25) is 0 Å². The average molecular weight is 453 g/mol. The van der Waals surface area contributed by atoms with Crippen LogP contribution in [0.4, 0.5) is 19.0 Å². The van der Waals surface area contributed by atoms with Gasteiger partial charge in [0.1, 0.15) is 11.6 Å². The zero-order valence-electron chi connectivity index (χ0n) is 16.9. The van der Waals surface area contributed by atoms with Gasteiger partial charge in [0.05, 0.1) is 4.90 Å². The van der Waals surface area contributed by atoms with Crippen LogP contribution < -0.4 is 4.90 Å². The highest BCUT2D eigenvalue weighted by Gasteiger charge is 2.42. The average Bonchev–Trinajstić information content (AvgIpc) is 3.13. The summed E-state index contributed by atoms with van der Waals surface area (Å²) in [5.74, 6) is 1.02. The molecule has 2 fully saturated rings. The lowest BCUT2D eigenvalue weighted by molar-refractivity contribution is -0.141. The van der Waals surface area contributed by atoms with Gasteiger partial charge in [-0.2, -0.15) is 28.2 Å². The second kappa shape index (κ2) is 7.82. The highest BCUT2D eigenvalue weighted by molar-refractivity contribution is 7.90. The van der Waals surface area contributed by atoms with E-state index in [1.165, 1.54) is 18.6 Å². The van der Waals surface area contributed by atoms with Crippen molar-refractivity contribution in [2.45, 2.75) is 43.2 Å². The number of hydrogen-bond acceptors (Lipinski definition) is 6. The van der Waals surface area contributed by atoms with Gasteiger partial charge in [-0.1, -0.05) is 19.3 Å². The number of nitrogens with zero attached hydrogens (tertiary/aromatic N) is 5. The molecule has 2 aromatic heterocycles. The zero-order chi connectivity index (χ0) is 22.4. The first kappa shape index (κ1) is 21.6. The number of rotatable bonds is 3. The Hall–Kier alpha value is -2.61. The van der Waals surface area contributed by atoms with Crippen LogP contribution in [0.15, 0.2) is 23.2 Å². The quantitative estimate of drug-likeness (QED) is 0.706. The number of halogens is 3. The highest BCUT2D eigenvalue weighted by Crippen LogP contribution is 2.41. The van der Waals surface area contributed by atoms with E-state index >= 15 is 0 Å². The van der Waals surface area contributed by atoms with Gasteiger partial charge in [-0.15, -0.1) is 0 Å². The maximum atomic E-state index is 13.7. The Morgan fingerprint density at radius 2 is 1.87 bits per heavy atom. The van der Waals surface area contributed by atoms with E-state index in [1.54, 1.807) is 11.0 Å². The molecule has 31 heavy (non-hydrogen) atoms. The Bertz CT molecular complexity index is 1120. The van der Waals surface area contributed by atoms with Crippen molar-refractivity contribution >= 4 is 15.7 Å². The first-order chi connectivity index (χ1) is 14.6. The van der Waals surface area contributed by atoms with Gasteiger partial charge in [0.2, 0.25) is 0 Å². The molecule has 0 amide bonds. The normalized spacial score (nSPS) is 22.1. The van der Waals surface area contributed by atoms with Gasteiger partial charge in [-0.05, 0) is 36.8 Å². The number of pyridine rings is 1. The molecule has 1 aliphatic heterocycles. The monoisotopic (exact) mass is 453 g/mol. The number of nitriles is 1. The standard InChI is InChI=1S/C20H22F3N5O2S/c1-31(29,30)15-6-7-17(25-11-15)28-19(16(10-24)18(26-28)20(21,22)23)27-9-8-13-4-2-3-5-14(13)12-27/h6-7,11,13-14H,2-5,8-9,12H2,1H3. The van der Waals surface area contributed by atoms with Gasteiger partial charge >= 0.3 is 6.18 Å². The van der Waals surface area contributed by atoms with Crippen molar-refractivity contribution in [3.8, 4) is 11.9 Å². The largest absolute Gasteiger partial charge is 0.436 e. The Morgan fingerprint density at radius 1 is 1.16 bits per heavy atom. The molecule has 0 spiro atoms. The summed E-state index contributed by atoms with van der Waals surface area (Å²) in [4.78, 5) is 5.79. The van der Waals surface area contributed by atoms with E-state index in [0.29, 0.717) is 24.9 Å². The summed E-state index contributed by atoms with van der Waals surface area (Å²) < 4.78 is 65.4. The fourth-order valence-electron chi connectivity index (χ4n) is 4.67. The van der Waals surface area contributed by atoms with Crippen LogP contribution in [0.2, 0.25) is 0 Å². The van der Waals surface area contributed by atoms with Gasteiger partial charge in [0.25, 0.3) is 0 Å². The minimum Gasteiger partial charge on any atom is -0.355 e. The summed E-state index contributed by atoms with van der Waals surface area (Å²) in [5.41, 5.74) is -1.79. The summed E-state index contributed by atoms with van der Waals surface area (Å²) in [5, 5.41) is 13.3. The highest BCUT2D eigenvalue weighted by atomic mass is 32.2. The minimum atomic E-state index is -4.80. The predicted molar refractivity (Wildman–Crippen MR) is 106 cm³/mol. The molecule has 4 rings (SSSR count). The van der Waals surface area contributed by atoms with Crippen LogP contribution in [0.25, 0.3) is 5.82 Å². The fraction of sp³-hybridized carbons (Fsp3) is 0.550. The number of alkyl halides is 3. The van der Waals surface area contributed by atoms with Crippen molar-refractivity contribution in [2.24, 2.45) is 11.8 Å². The topological polar surface area (TPSA) is 91.9 Å². The van der Waals surface area contributed by atoms with E-state index in [1.807, 2.05) is 0 Å². The first-order valence-corrected chi connectivity index (χ1v) is 12.0. The molecule has 166 valence electrons. The molecule has 2 atom stereocenters. The zero-order valence-corrected chi connectivity index (χ0v) is 17.7. The molecule has 0 N–H and O–H groups in total. The van der Waals surface area contributed by atoms with Crippen molar-refractivity contribution in [1.29, 1.82) is 5.26 Å². The smallest absolute Gasteiger partial charge is 0.355 e. The Morgan fingerprint density at radius 3 is 2.45 bits per heavy atom. The van der Waals surface area contributed by atoms with Crippen LogP contribution >= 0.6 is 0 Å². The SMILES string of the molecule is CS(=O)(=O)c1ccc(-n2nc(C(F)(F)F)c(C#N)c2N2CCC3CCCCC3C2)nc1. The van der Waals surface area contributed by atoms with Gasteiger partial charge < -0.3 is 4.90 Å². The lowest BCUT2D eigenvalue weighted by atomic mass is 9.75. The maximum Gasteiger partial charge on any atom is 0.436 e. The van der Waals surface area contributed by atoms with E-state index < -0.39 is 27.3 Å². The summed E-state index contributed by atoms with van der Waals surface area (Å²) >= 11 is 0. The Labute approximate surface area is 178 Å². The molecule has 2 aromatic rings. The van der Waals surface area contributed by atoms with Crippen LogP contribution in [-0.4, -0.2) is 42.5 Å². The van der Waals surface area contributed by atoms with Crippen LogP contribution in [0.5, 0.6) is 0 Å². The van der Waals surface area contributed by atoms with Crippen molar-refractivity contribution in [3.63, 3.8) is 0 Å². The number of anilines is 1. The first-order valence-electron chi connectivity index (χ1n) is 10.1. The van der Waals surface area contributed by atoms with Gasteiger partial charge in [-0.25, -0.2) is 13.4 Å². The molecule has 1 saturated heterocycles. The summed E-state index contributed by atoms with van der Waals surface area (Å²) in [7, 11) is -3.51. The lowest BCUT2D eigenvalue weighted by Crippen LogP contribution is -2.43. The molecule has 0 radical (unpaired) electrons. The van der Waals surface area contributed by atoms with Crippen molar-refractivity contribution in [2.75, 3.05) is 24.2 Å². The second-order valence-corrected chi connectivity index (χ2v) is 10.2. The van der Waals surface area contributed by atoms with Gasteiger partial charge in [0.15, 0.2) is 27.2 Å². The van der Waals surface area contributed by atoms with Crippen molar-refractivity contribution in [3.05, 3.63) is 29.6 Å². The summed E-state index contributed by atoms with van der Waals surface area (Å²) in [6, 6.07) is 4.28. The number of sulfone groups is 1. The molecule has 3 heterocycles. The van der Waals surface area contributed by atoms with Crippen LogP contribution in [-0.2, 0) is 16.0 Å².